The average molecular weight is 256 g/mol. The van der Waals surface area contributed by atoms with Crippen LogP contribution in [-0.2, 0) is 0 Å². The van der Waals surface area contributed by atoms with Gasteiger partial charge in [-0.1, -0.05) is 11.6 Å². The number of halogens is 3. The van der Waals surface area contributed by atoms with Gasteiger partial charge >= 0.3 is 0 Å². The van der Waals surface area contributed by atoms with Gasteiger partial charge in [0.2, 0.25) is 0 Å². The van der Waals surface area contributed by atoms with Crippen LogP contribution in [0.2, 0.25) is 5.15 Å². The van der Waals surface area contributed by atoms with E-state index in [0.29, 0.717) is 16.5 Å². The van der Waals surface area contributed by atoms with E-state index in [2.05, 4.69) is 15.3 Å². The van der Waals surface area contributed by atoms with Gasteiger partial charge in [-0.15, -0.1) is 0 Å². The molecule has 0 unspecified atom stereocenters. The number of nitrogens with one attached hydrogen (secondary N) is 1. The van der Waals surface area contributed by atoms with Gasteiger partial charge < -0.3 is 5.32 Å². The first kappa shape index (κ1) is 11.7. The Morgan fingerprint density at radius 3 is 2.41 bits per heavy atom. The third-order valence-electron chi connectivity index (χ3n) is 2.15. The van der Waals surface area contributed by atoms with Crippen LogP contribution in [0.4, 0.5) is 20.3 Å². The van der Waals surface area contributed by atoms with Gasteiger partial charge in [0.15, 0.2) is 0 Å². The lowest BCUT2D eigenvalue weighted by Crippen LogP contribution is -1.99. The lowest BCUT2D eigenvalue weighted by atomic mass is 10.2. The van der Waals surface area contributed by atoms with Crippen molar-refractivity contribution in [3.05, 3.63) is 46.9 Å². The average Bonchev–Trinajstić information content (AvgIpc) is 2.23. The van der Waals surface area contributed by atoms with Crippen LogP contribution in [0.25, 0.3) is 0 Å². The monoisotopic (exact) mass is 255 g/mol. The Morgan fingerprint density at radius 1 is 1.12 bits per heavy atom. The minimum absolute atomic E-state index is 0.264. The molecule has 0 aliphatic heterocycles. The predicted molar refractivity (Wildman–Crippen MR) is 61.4 cm³/mol. The number of rotatable bonds is 2. The van der Waals surface area contributed by atoms with Gasteiger partial charge in [0.25, 0.3) is 0 Å². The van der Waals surface area contributed by atoms with Gasteiger partial charge in [-0.2, -0.15) is 0 Å². The van der Waals surface area contributed by atoms with E-state index in [-0.39, 0.29) is 5.69 Å². The molecule has 2 aromatic rings. The molecule has 0 fully saturated rings. The molecule has 0 saturated heterocycles. The fourth-order valence-corrected chi connectivity index (χ4v) is 1.45. The molecule has 0 bridgehead atoms. The third-order valence-corrected chi connectivity index (χ3v) is 2.53. The first-order chi connectivity index (χ1) is 8.06. The van der Waals surface area contributed by atoms with Gasteiger partial charge in [0, 0.05) is 17.3 Å². The minimum atomic E-state index is -0.662. The first-order valence-corrected chi connectivity index (χ1v) is 5.14. The fraction of sp³-hybridized carbons (Fsp3) is 0.0909. The van der Waals surface area contributed by atoms with E-state index in [1.54, 1.807) is 6.92 Å². The second kappa shape index (κ2) is 4.63. The Labute approximate surface area is 101 Å². The zero-order valence-electron chi connectivity index (χ0n) is 8.84. The number of anilines is 2. The number of aromatic nitrogens is 2. The molecule has 88 valence electrons. The van der Waals surface area contributed by atoms with Crippen LogP contribution in [0.5, 0.6) is 0 Å². The molecule has 0 atom stereocenters. The summed E-state index contributed by atoms with van der Waals surface area (Å²) in [5, 5.41) is 3.07. The molecule has 0 saturated carbocycles. The van der Waals surface area contributed by atoms with E-state index >= 15 is 0 Å². The number of hydrogen-bond donors (Lipinski definition) is 1. The summed E-state index contributed by atoms with van der Waals surface area (Å²) < 4.78 is 25.9. The molecule has 6 heteroatoms. The molecular formula is C11H8ClF2N3. The van der Waals surface area contributed by atoms with Gasteiger partial charge in [0.1, 0.15) is 28.9 Å². The summed E-state index contributed by atoms with van der Waals surface area (Å²) in [6.07, 6.45) is 1.27. The molecule has 0 amide bonds. The fourth-order valence-electron chi connectivity index (χ4n) is 1.32. The molecule has 1 aromatic heterocycles. The Bertz CT molecular complexity index is 540. The summed E-state index contributed by atoms with van der Waals surface area (Å²) in [5.41, 5.74) is 0.874. The Balaban J connectivity index is 2.34. The van der Waals surface area contributed by atoms with Gasteiger partial charge in [-0.05, 0) is 19.1 Å². The Hall–Kier alpha value is -1.75. The van der Waals surface area contributed by atoms with Crippen molar-refractivity contribution in [2.75, 3.05) is 5.32 Å². The number of nitrogens with zero attached hydrogens (tertiary/aromatic N) is 2. The van der Waals surface area contributed by atoms with Gasteiger partial charge in [-0.3, -0.25) is 0 Å². The summed E-state index contributed by atoms with van der Waals surface area (Å²) in [5.74, 6) is -0.911. The predicted octanol–water partition coefficient (Wildman–Crippen LogP) is 3.46. The van der Waals surface area contributed by atoms with E-state index in [9.17, 15) is 8.78 Å². The van der Waals surface area contributed by atoms with E-state index in [1.807, 2.05) is 0 Å². The van der Waals surface area contributed by atoms with Crippen LogP contribution in [0.3, 0.4) is 0 Å². The maximum absolute atomic E-state index is 13.0. The van der Waals surface area contributed by atoms with Crippen LogP contribution < -0.4 is 5.32 Å². The highest BCUT2D eigenvalue weighted by molar-refractivity contribution is 6.30. The normalized spacial score (nSPS) is 10.4. The molecule has 1 aromatic carbocycles. The molecule has 3 nitrogen and oxygen atoms in total. The van der Waals surface area contributed by atoms with E-state index < -0.39 is 11.6 Å². The van der Waals surface area contributed by atoms with Gasteiger partial charge in [0.05, 0.1) is 0 Å². The maximum atomic E-state index is 13.0. The summed E-state index contributed by atoms with van der Waals surface area (Å²) in [4.78, 5) is 7.72. The van der Waals surface area contributed by atoms with Crippen LogP contribution >= 0.6 is 11.6 Å². The largest absolute Gasteiger partial charge is 0.340 e. The van der Waals surface area contributed by atoms with E-state index in [1.165, 1.54) is 18.5 Å². The van der Waals surface area contributed by atoms with Crippen molar-refractivity contribution in [1.29, 1.82) is 0 Å². The third kappa shape index (κ3) is 2.68. The molecule has 0 aliphatic rings. The van der Waals surface area contributed by atoms with Crippen LogP contribution in [0.1, 0.15) is 5.56 Å². The second-order valence-electron chi connectivity index (χ2n) is 3.42. The molecule has 0 spiro atoms. The van der Waals surface area contributed by atoms with Crippen LogP contribution in [0, 0.1) is 18.6 Å². The highest BCUT2D eigenvalue weighted by Gasteiger charge is 2.06. The SMILES string of the molecule is Cc1c(Cl)ncnc1Nc1cc(F)cc(F)c1. The minimum Gasteiger partial charge on any atom is -0.340 e. The smallest absolute Gasteiger partial charge is 0.138 e. The summed E-state index contributed by atoms with van der Waals surface area (Å²) >= 11 is 5.80. The van der Waals surface area contributed by atoms with E-state index in [4.69, 9.17) is 11.6 Å². The van der Waals surface area contributed by atoms with Crippen molar-refractivity contribution in [2.24, 2.45) is 0 Å². The Kier molecular flexibility index (Phi) is 3.19. The topological polar surface area (TPSA) is 37.8 Å². The van der Waals surface area contributed by atoms with Crippen molar-refractivity contribution >= 4 is 23.1 Å². The summed E-state index contributed by atoms with van der Waals surface area (Å²) in [7, 11) is 0. The molecule has 1 heterocycles. The standard InChI is InChI=1S/C11H8ClF2N3/c1-6-10(12)15-5-16-11(6)17-9-3-7(13)2-8(14)4-9/h2-5H,1H3,(H,15,16,17). The highest BCUT2D eigenvalue weighted by Crippen LogP contribution is 2.23. The van der Waals surface area contributed by atoms with Crippen LogP contribution in [-0.4, -0.2) is 9.97 Å². The number of hydrogen-bond acceptors (Lipinski definition) is 3. The lowest BCUT2D eigenvalue weighted by Gasteiger charge is -2.08. The molecule has 0 aliphatic carbocycles. The van der Waals surface area contributed by atoms with Crippen molar-refractivity contribution in [3.8, 4) is 0 Å². The molecular weight excluding hydrogens is 248 g/mol. The zero-order valence-corrected chi connectivity index (χ0v) is 9.59. The lowest BCUT2D eigenvalue weighted by molar-refractivity contribution is 0.584. The van der Waals surface area contributed by atoms with Crippen molar-refractivity contribution in [2.45, 2.75) is 6.92 Å². The Morgan fingerprint density at radius 2 is 1.76 bits per heavy atom. The second-order valence-corrected chi connectivity index (χ2v) is 3.78. The van der Waals surface area contributed by atoms with Crippen molar-refractivity contribution in [1.82, 2.24) is 9.97 Å². The van der Waals surface area contributed by atoms with Crippen molar-refractivity contribution in [3.63, 3.8) is 0 Å². The summed E-state index contributed by atoms with van der Waals surface area (Å²) in [6.45, 7) is 1.71. The first-order valence-electron chi connectivity index (χ1n) is 4.76. The quantitative estimate of drug-likeness (QED) is 0.835. The highest BCUT2D eigenvalue weighted by atomic mass is 35.5. The van der Waals surface area contributed by atoms with Gasteiger partial charge in [-0.25, -0.2) is 18.7 Å². The molecule has 1 N–H and O–H groups in total. The molecule has 17 heavy (non-hydrogen) atoms. The molecule has 0 radical (unpaired) electrons. The summed E-state index contributed by atoms with van der Waals surface area (Å²) in [6, 6.07) is 3.13. The van der Waals surface area contributed by atoms with Crippen molar-refractivity contribution < 1.29 is 8.78 Å². The maximum Gasteiger partial charge on any atom is 0.138 e. The zero-order chi connectivity index (χ0) is 12.4. The number of benzene rings is 1. The molecule has 2 rings (SSSR count). The van der Waals surface area contributed by atoms with Crippen LogP contribution in [0.15, 0.2) is 24.5 Å². The van der Waals surface area contributed by atoms with E-state index in [0.717, 1.165) is 6.07 Å².